The first-order valence-electron chi connectivity index (χ1n) is 7.32. The number of aryl methyl sites for hydroxylation is 1. The molecule has 0 saturated carbocycles. The number of H-pyrrole nitrogens is 1. The lowest BCUT2D eigenvalue weighted by atomic mass is 10.2. The molecule has 0 amide bonds. The summed E-state index contributed by atoms with van der Waals surface area (Å²) in [5.41, 5.74) is 1.43. The van der Waals surface area contributed by atoms with E-state index in [-0.39, 0.29) is 5.56 Å². The quantitative estimate of drug-likeness (QED) is 0.820. The molecule has 0 aliphatic carbocycles. The number of ether oxygens (including phenoxy) is 1. The Morgan fingerprint density at radius 1 is 1.24 bits per heavy atom. The molecule has 1 heterocycles. The van der Waals surface area contributed by atoms with Gasteiger partial charge in [0.1, 0.15) is 5.75 Å². The first-order valence-corrected chi connectivity index (χ1v) is 7.32. The van der Waals surface area contributed by atoms with Gasteiger partial charge in [-0.2, -0.15) is 0 Å². The predicted molar refractivity (Wildman–Crippen MR) is 84.4 cm³/mol. The Bertz CT molecular complexity index is 637. The van der Waals surface area contributed by atoms with Crippen LogP contribution in [0.2, 0.25) is 0 Å². The Kier molecular flexibility index (Phi) is 5.37. The molecule has 2 aromatic rings. The summed E-state index contributed by atoms with van der Waals surface area (Å²) >= 11 is 0. The number of para-hydroxylation sites is 2. The van der Waals surface area contributed by atoms with Gasteiger partial charge >= 0.3 is 0 Å². The number of rotatable bonds is 7. The minimum absolute atomic E-state index is 0.150. The number of benzene rings is 1. The summed E-state index contributed by atoms with van der Waals surface area (Å²) in [6.07, 6.45) is 2.67. The average Bonchev–Trinajstić information content (AvgIpc) is 2.46. The van der Waals surface area contributed by atoms with E-state index in [1.165, 1.54) is 6.07 Å². The fourth-order valence-corrected chi connectivity index (χ4v) is 1.99. The van der Waals surface area contributed by atoms with Crippen molar-refractivity contribution in [2.24, 2.45) is 0 Å². The van der Waals surface area contributed by atoms with E-state index in [0.29, 0.717) is 12.6 Å². The molecule has 0 unspecified atom stereocenters. The topological polar surface area (TPSA) is 67.0 Å². The minimum atomic E-state index is -0.150. The van der Waals surface area contributed by atoms with Gasteiger partial charge in [-0.05, 0) is 25.0 Å². The van der Waals surface area contributed by atoms with Crippen molar-refractivity contribution in [2.75, 3.05) is 11.9 Å². The van der Waals surface area contributed by atoms with E-state index < -0.39 is 0 Å². The molecule has 0 aliphatic heterocycles. The molecule has 5 heteroatoms. The second-order valence-corrected chi connectivity index (χ2v) is 4.80. The summed E-state index contributed by atoms with van der Waals surface area (Å²) in [7, 11) is 0. The van der Waals surface area contributed by atoms with Crippen molar-refractivity contribution in [3.8, 4) is 5.75 Å². The van der Waals surface area contributed by atoms with Gasteiger partial charge in [-0.1, -0.05) is 32.4 Å². The molecule has 21 heavy (non-hydrogen) atoms. The van der Waals surface area contributed by atoms with Gasteiger partial charge in [-0.3, -0.25) is 9.78 Å². The number of anilines is 2. The molecule has 0 fully saturated rings. The maximum absolute atomic E-state index is 11.7. The molecule has 0 aliphatic rings. The van der Waals surface area contributed by atoms with Crippen LogP contribution < -0.4 is 15.6 Å². The van der Waals surface area contributed by atoms with Crippen LogP contribution in [0.4, 0.5) is 11.6 Å². The third kappa shape index (κ3) is 4.34. The summed E-state index contributed by atoms with van der Waals surface area (Å²) in [5, 5.41) is 3.13. The molecule has 0 spiro atoms. The number of aromatic nitrogens is 2. The maximum Gasteiger partial charge on any atom is 0.252 e. The van der Waals surface area contributed by atoms with Crippen molar-refractivity contribution in [1.82, 2.24) is 9.97 Å². The molecule has 2 N–H and O–H groups in total. The molecule has 1 aromatic heterocycles. The maximum atomic E-state index is 11.7. The van der Waals surface area contributed by atoms with Gasteiger partial charge in [-0.25, -0.2) is 4.98 Å². The van der Waals surface area contributed by atoms with Crippen LogP contribution in [0.15, 0.2) is 35.1 Å². The second-order valence-electron chi connectivity index (χ2n) is 4.80. The molecule has 112 valence electrons. The lowest BCUT2D eigenvalue weighted by Crippen LogP contribution is -2.12. The monoisotopic (exact) mass is 287 g/mol. The van der Waals surface area contributed by atoms with Crippen molar-refractivity contribution in [2.45, 2.75) is 33.1 Å². The zero-order valence-corrected chi connectivity index (χ0v) is 12.5. The zero-order chi connectivity index (χ0) is 15.1. The highest BCUT2D eigenvalue weighted by Crippen LogP contribution is 2.25. The highest BCUT2D eigenvalue weighted by molar-refractivity contribution is 5.62. The number of aromatic amines is 1. The van der Waals surface area contributed by atoms with Crippen molar-refractivity contribution in [3.63, 3.8) is 0 Å². The Morgan fingerprint density at radius 3 is 2.81 bits per heavy atom. The van der Waals surface area contributed by atoms with Crippen molar-refractivity contribution in [1.29, 1.82) is 0 Å². The first-order chi connectivity index (χ1) is 10.2. The van der Waals surface area contributed by atoms with E-state index in [1.807, 2.05) is 24.3 Å². The van der Waals surface area contributed by atoms with Gasteiger partial charge in [0.2, 0.25) is 5.95 Å². The summed E-state index contributed by atoms with van der Waals surface area (Å²) in [6.45, 7) is 4.77. The molecule has 0 radical (unpaired) electrons. The molecular formula is C16H21N3O2. The molecule has 1 aromatic carbocycles. The van der Waals surface area contributed by atoms with Gasteiger partial charge in [0.25, 0.3) is 5.56 Å². The van der Waals surface area contributed by atoms with Crippen LogP contribution >= 0.6 is 0 Å². The number of nitrogens with one attached hydrogen (secondary N) is 2. The van der Waals surface area contributed by atoms with Gasteiger partial charge in [0.15, 0.2) is 0 Å². The van der Waals surface area contributed by atoms with E-state index in [0.717, 1.165) is 36.4 Å². The van der Waals surface area contributed by atoms with Crippen LogP contribution in [0.3, 0.4) is 0 Å². The van der Waals surface area contributed by atoms with Crippen molar-refractivity contribution < 1.29 is 4.74 Å². The summed E-state index contributed by atoms with van der Waals surface area (Å²) in [5.74, 6) is 1.20. The summed E-state index contributed by atoms with van der Waals surface area (Å²) < 4.78 is 5.68. The first kappa shape index (κ1) is 15.1. The Morgan fingerprint density at radius 2 is 2.05 bits per heavy atom. The molecule has 0 atom stereocenters. The predicted octanol–water partition coefficient (Wildman–Crippen LogP) is 3.25. The van der Waals surface area contributed by atoms with E-state index in [9.17, 15) is 4.79 Å². The Labute approximate surface area is 124 Å². The molecule has 0 bridgehead atoms. The highest BCUT2D eigenvalue weighted by atomic mass is 16.5. The molecule has 0 saturated heterocycles. The van der Waals surface area contributed by atoms with Crippen LogP contribution in [-0.4, -0.2) is 16.6 Å². The fraction of sp³-hybridized carbons (Fsp3) is 0.375. The fourth-order valence-electron chi connectivity index (χ4n) is 1.99. The average molecular weight is 287 g/mol. The van der Waals surface area contributed by atoms with Crippen LogP contribution in [0, 0.1) is 0 Å². The standard InChI is InChI=1S/C16H21N3O2/c1-3-7-12-11-15(20)19-16(17-12)18-13-8-5-6-9-14(13)21-10-4-2/h5-6,8-9,11H,3-4,7,10H2,1-2H3,(H2,17,18,19,20). The van der Waals surface area contributed by atoms with Crippen LogP contribution in [0.25, 0.3) is 0 Å². The summed E-state index contributed by atoms with van der Waals surface area (Å²) in [6, 6.07) is 9.16. The third-order valence-electron chi connectivity index (χ3n) is 2.90. The van der Waals surface area contributed by atoms with Crippen LogP contribution in [0.5, 0.6) is 5.75 Å². The van der Waals surface area contributed by atoms with Gasteiger partial charge in [-0.15, -0.1) is 0 Å². The minimum Gasteiger partial charge on any atom is -0.491 e. The van der Waals surface area contributed by atoms with Crippen LogP contribution in [-0.2, 0) is 6.42 Å². The third-order valence-corrected chi connectivity index (χ3v) is 2.90. The van der Waals surface area contributed by atoms with E-state index in [1.54, 1.807) is 0 Å². The molecule has 5 nitrogen and oxygen atoms in total. The Hall–Kier alpha value is -2.30. The smallest absolute Gasteiger partial charge is 0.252 e. The van der Waals surface area contributed by atoms with E-state index in [2.05, 4.69) is 29.1 Å². The number of nitrogens with zero attached hydrogens (tertiary/aromatic N) is 1. The zero-order valence-electron chi connectivity index (χ0n) is 12.5. The molecular weight excluding hydrogens is 266 g/mol. The Balaban J connectivity index is 2.23. The van der Waals surface area contributed by atoms with E-state index in [4.69, 9.17) is 4.74 Å². The van der Waals surface area contributed by atoms with Gasteiger partial charge in [0.05, 0.1) is 12.3 Å². The lowest BCUT2D eigenvalue weighted by molar-refractivity contribution is 0.319. The number of hydrogen-bond acceptors (Lipinski definition) is 4. The highest BCUT2D eigenvalue weighted by Gasteiger charge is 2.06. The second kappa shape index (κ2) is 7.47. The number of hydrogen-bond donors (Lipinski definition) is 2. The van der Waals surface area contributed by atoms with Crippen LogP contribution in [0.1, 0.15) is 32.4 Å². The lowest BCUT2D eigenvalue weighted by Gasteiger charge is -2.12. The van der Waals surface area contributed by atoms with E-state index >= 15 is 0 Å². The molecule has 2 rings (SSSR count). The normalized spacial score (nSPS) is 10.4. The van der Waals surface area contributed by atoms with Gasteiger partial charge < -0.3 is 10.1 Å². The van der Waals surface area contributed by atoms with Crippen molar-refractivity contribution >= 4 is 11.6 Å². The van der Waals surface area contributed by atoms with Gasteiger partial charge in [0, 0.05) is 11.8 Å². The van der Waals surface area contributed by atoms with Crippen molar-refractivity contribution in [3.05, 3.63) is 46.4 Å². The summed E-state index contributed by atoms with van der Waals surface area (Å²) in [4.78, 5) is 18.8. The largest absolute Gasteiger partial charge is 0.491 e. The SMILES string of the molecule is CCCOc1ccccc1Nc1nc(CCC)cc(=O)[nH]1.